The normalized spacial score (nSPS) is 17.2. The molecule has 0 bridgehead atoms. The fourth-order valence-electron chi connectivity index (χ4n) is 2.29. The molecular weight excluding hydrogens is 226 g/mol. The lowest BCUT2D eigenvalue weighted by Gasteiger charge is -2.12. The summed E-state index contributed by atoms with van der Waals surface area (Å²) in [7, 11) is 0. The summed E-state index contributed by atoms with van der Waals surface area (Å²) in [6, 6.07) is 4.11. The second-order valence-corrected chi connectivity index (χ2v) is 5.45. The van der Waals surface area contributed by atoms with Crippen molar-refractivity contribution in [1.29, 1.82) is 0 Å². The topological polar surface area (TPSA) is 49.6 Å². The number of hydrogen-bond acceptors (Lipinski definition) is 3. The van der Waals surface area contributed by atoms with Crippen LogP contribution in [0.15, 0.2) is 24.5 Å². The average Bonchev–Trinajstić information content (AvgIpc) is 3.05. The van der Waals surface area contributed by atoms with Crippen molar-refractivity contribution in [3.63, 3.8) is 0 Å². The number of aromatic nitrogens is 2. The Hall–Kier alpha value is -1.39. The van der Waals surface area contributed by atoms with E-state index < -0.39 is 0 Å². The molecule has 0 saturated heterocycles. The van der Waals surface area contributed by atoms with E-state index in [0.29, 0.717) is 6.61 Å². The summed E-state index contributed by atoms with van der Waals surface area (Å²) in [6.45, 7) is 4.07. The molecule has 0 unspecified atom stereocenters. The molecule has 1 aliphatic rings. The highest BCUT2D eigenvalue weighted by Crippen LogP contribution is 2.44. The Morgan fingerprint density at radius 3 is 3.00 bits per heavy atom. The molecule has 1 fully saturated rings. The maximum atomic E-state index is 9.26. The van der Waals surface area contributed by atoms with Crippen molar-refractivity contribution in [2.24, 2.45) is 5.41 Å². The van der Waals surface area contributed by atoms with Gasteiger partial charge >= 0.3 is 0 Å². The molecule has 96 valence electrons. The largest absolute Gasteiger partial charge is 0.396 e. The molecule has 0 spiro atoms. The number of aryl methyl sites for hydroxylation is 1. The highest BCUT2D eigenvalue weighted by atomic mass is 16.3. The van der Waals surface area contributed by atoms with Crippen LogP contribution < -0.4 is 5.32 Å². The van der Waals surface area contributed by atoms with Crippen molar-refractivity contribution < 1.29 is 5.11 Å². The molecule has 0 amide bonds. The number of nitrogens with zero attached hydrogens (tertiary/aromatic N) is 2. The lowest BCUT2D eigenvalue weighted by atomic mass is 10.1. The first-order chi connectivity index (χ1) is 8.72. The van der Waals surface area contributed by atoms with Crippen LogP contribution in [0.3, 0.4) is 0 Å². The summed E-state index contributed by atoms with van der Waals surface area (Å²) in [5.74, 6) is 0. The smallest absolute Gasteiger partial charge is 0.136 e. The Balaban J connectivity index is 1.69. The van der Waals surface area contributed by atoms with Gasteiger partial charge in [-0.05, 0) is 31.4 Å². The highest BCUT2D eigenvalue weighted by Gasteiger charge is 2.41. The van der Waals surface area contributed by atoms with Crippen molar-refractivity contribution in [3.05, 3.63) is 35.8 Å². The van der Waals surface area contributed by atoms with Gasteiger partial charge in [0.15, 0.2) is 0 Å². The van der Waals surface area contributed by atoms with Crippen LogP contribution in [-0.2, 0) is 6.54 Å². The molecule has 18 heavy (non-hydrogen) atoms. The van der Waals surface area contributed by atoms with Gasteiger partial charge in [-0.3, -0.25) is 0 Å². The molecule has 0 aliphatic heterocycles. The minimum absolute atomic E-state index is 0.163. The van der Waals surface area contributed by atoms with E-state index >= 15 is 0 Å². The van der Waals surface area contributed by atoms with Crippen LogP contribution in [0.4, 0.5) is 0 Å². The molecule has 1 aliphatic carbocycles. The van der Waals surface area contributed by atoms with Crippen molar-refractivity contribution >= 4 is 5.65 Å². The zero-order valence-corrected chi connectivity index (χ0v) is 10.7. The molecule has 0 atom stereocenters. The fraction of sp³-hybridized carbons (Fsp3) is 0.500. The number of nitrogens with one attached hydrogen (secondary N) is 1. The van der Waals surface area contributed by atoms with Crippen molar-refractivity contribution in [2.45, 2.75) is 26.3 Å². The van der Waals surface area contributed by atoms with Gasteiger partial charge in [0.2, 0.25) is 0 Å². The summed E-state index contributed by atoms with van der Waals surface area (Å²) in [5.41, 5.74) is 3.55. The number of imidazole rings is 1. The molecule has 4 heteroatoms. The summed E-state index contributed by atoms with van der Waals surface area (Å²) in [6.07, 6.45) is 6.31. The molecule has 2 N–H and O–H groups in total. The Morgan fingerprint density at radius 1 is 1.44 bits per heavy atom. The Morgan fingerprint density at radius 2 is 2.28 bits per heavy atom. The highest BCUT2D eigenvalue weighted by molar-refractivity contribution is 5.41. The molecule has 2 aromatic heterocycles. The number of aliphatic hydroxyl groups is 1. The first kappa shape index (κ1) is 11.7. The van der Waals surface area contributed by atoms with Gasteiger partial charge < -0.3 is 14.8 Å². The van der Waals surface area contributed by atoms with E-state index in [-0.39, 0.29) is 5.41 Å². The molecule has 0 radical (unpaired) electrons. The van der Waals surface area contributed by atoms with Crippen LogP contribution in [0.5, 0.6) is 0 Å². The zero-order valence-electron chi connectivity index (χ0n) is 10.7. The molecule has 4 nitrogen and oxygen atoms in total. The minimum atomic E-state index is 0.163. The standard InChI is InChI=1S/C14H19N3O/c1-11-2-3-13-16-7-12(17(13)8-11)6-15-9-14(10-18)4-5-14/h2-3,7-8,15,18H,4-6,9-10H2,1H3. The van der Waals surface area contributed by atoms with Crippen molar-refractivity contribution in [3.8, 4) is 0 Å². The molecule has 2 aromatic rings. The summed E-state index contributed by atoms with van der Waals surface area (Å²) >= 11 is 0. The van der Waals surface area contributed by atoms with Crippen LogP contribution in [0.1, 0.15) is 24.1 Å². The SMILES string of the molecule is Cc1ccc2ncc(CNCC3(CO)CC3)n2c1. The Labute approximate surface area is 107 Å². The third-order valence-corrected chi connectivity index (χ3v) is 3.83. The van der Waals surface area contributed by atoms with Gasteiger partial charge in [0, 0.05) is 31.3 Å². The molecular formula is C14H19N3O. The van der Waals surface area contributed by atoms with Crippen molar-refractivity contribution in [1.82, 2.24) is 14.7 Å². The maximum absolute atomic E-state index is 9.26. The van der Waals surface area contributed by atoms with Gasteiger partial charge in [-0.25, -0.2) is 4.98 Å². The van der Waals surface area contributed by atoms with E-state index in [9.17, 15) is 5.11 Å². The number of rotatable bonds is 5. The predicted molar refractivity (Wildman–Crippen MR) is 70.4 cm³/mol. The van der Waals surface area contributed by atoms with E-state index in [2.05, 4.69) is 33.9 Å². The van der Waals surface area contributed by atoms with Gasteiger partial charge in [-0.15, -0.1) is 0 Å². The van der Waals surface area contributed by atoms with Crippen LogP contribution in [-0.4, -0.2) is 27.6 Å². The number of hydrogen-bond donors (Lipinski definition) is 2. The zero-order chi connectivity index (χ0) is 12.6. The van der Waals surface area contributed by atoms with Crippen molar-refractivity contribution in [2.75, 3.05) is 13.2 Å². The maximum Gasteiger partial charge on any atom is 0.136 e. The van der Waals surface area contributed by atoms with Crippen LogP contribution >= 0.6 is 0 Å². The first-order valence-electron chi connectivity index (χ1n) is 6.47. The summed E-state index contributed by atoms with van der Waals surface area (Å²) in [5, 5.41) is 12.7. The van der Waals surface area contributed by atoms with E-state index in [1.165, 1.54) is 11.3 Å². The van der Waals surface area contributed by atoms with E-state index in [4.69, 9.17) is 0 Å². The quantitative estimate of drug-likeness (QED) is 0.839. The average molecular weight is 245 g/mol. The summed E-state index contributed by atoms with van der Waals surface area (Å²) in [4.78, 5) is 4.38. The van der Waals surface area contributed by atoms with Gasteiger partial charge in [0.05, 0.1) is 11.9 Å². The van der Waals surface area contributed by atoms with Gasteiger partial charge in [0.25, 0.3) is 0 Å². The van der Waals surface area contributed by atoms with E-state index in [1.54, 1.807) is 0 Å². The Kier molecular flexibility index (Phi) is 2.84. The monoisotopic (exact) mass is 245 g/mol. The van der Waals surface area contributed by atoms with Crippen LogP contribution in [0.2, 0.25) is 0 Å². The molecule has 0 aromatic carbocycles. The van der Waals surface area contributed by atoms with E-state index in [0.717, 1.165) is 31.6 Å². The first-order valence-corrected chi connectivity index (χ1v) is 6.47. The van der Waals surface area contributed by atoms with Gasteiger partial charge in [0.1, 0.15) is 5.65 Å². The second-order valence-electron chi connectivity index (χ2n) is 5.45. The summed E-state index contributed by atoms with van der Waals surface area (Å²) < 4.78 is 2.13. The lowest BCUT2D eigenvalue weighted by molar-refractivity contribution is 0.207. The minimum Gasteiger partial charge on any atom is -0.396 e. The third-order valence-electron chi connectivity index (χ3n) is 3.83. The van der Waals surface area contributed by atoms with Gasteiger partial charge in [-0.1, -0.05) is 6.07 Å². The Bertz CT molecular complexity index is 557. The van der Waals surface area contributed by atoms with E-state index in [1.807, 2.05) is 12.3 Å². The number of aliphatic hydroxyl groups excluding tert-OH is 1. The molecule has 3 rings (SSSR count). The fourth-order valence-corrected chi connectivity index (χ4v) is 2.29. The molecule has 1 saturated carbocycles. The second kappa shape index (κ2) is 4.37. The number of pyridine rings is 1. The lowest BCUT2D eigenvalue weighted by Crippen LogP contribution is -2.26. The predicted octanol–water partition coefficient (Wildman–Crippen LogP) is 1.50. The number of fused-ring (bicyclic) bond motifs is 1. The molecule has 2 heterocycles. The van der Waals surface area contributed by atoms with Crippen LogP contribution in [0, 0.1) is 12.3 Å². The van der Waals surface area contributed by atoms with Crippen LogP contribution in [0.25, 0.3) is 5.65 Å². The van der Waals surface area contributed by atoms with Gasteiger partial charge in [-0.2, -0.15) is 0 Å². The third kappa shape index (κ3) is 2.13.